The van der Waals surface area contributed by atoms with Crippen LogP contribution in [0.5, 0.6) is 0 Å². The first-order chi connectivity index (χ1) is 10.2. The van der Waals surface area contributed by atoms with Gasteiger partial charge in [-0.05, 0) is 31.4 Å². The van der Waals surface area contributed by atoms with Gasteiger partial charge in [0.2, 0.25) is 0 Å². The van der Waals surface area contributed by atoms with Crippen molar-refractivity contribution in [2.75, 3.05) is 13.2 Å². The van der Waals surface area contributed by atoms with E-state index >= 15 is 0 Å². The second-order valence-corrected chi connectivity index (χ2v) is 5.47. The van der Waals surface area contributed by atoms with Crippen LogP contribution in [-0.4, -0.2) is 33.8 Å². The number of rotatable bonds is 4. The highest BCUT2D eigenvalue weighted by atomic mass is 16.5. The largest absolute Gasteiger partial charge is 0.478 e. The van der Waals surface area contributed by atoms with Gasteiger partial charge in [-0.3, -0.25) is 0 Å². The molecule has 2 aromatic rings. The van der Waals surface area contributed by atoms with Crippen LogP contribution in [0.3, 0.4) is 0 Å². The molecular formula is C16H20N2O3. The Morgan fingerprint density at radius 3 is 2.86 bits per heavy atom. The number of carboxylic acids is 1. The molecule has 21 heavy (non-hydrogen) atoms. The summed E-state index contributed by atoms with van der Waals surface area (Å²) in [7, 11) is 0. The third kappa shape index (κ3) is 2.53. The van der Waals surface area contributed by atoms with Crippen LogP contribution in [0, 0.1) is 0 Å². The molecule has 3 rings (SSSR count). The average Bonchev–Trinajstić information content (AvgIpc) is 2.86. The van der Waals surface area contributed by atoms with Crippen molar-refractivity contribution in [2.24, 2.45) is 0 Å². The number of aryl methyl sites for hydroxylation is 1. The highest BCUT2D eigenvalue weighted by molar-refractivity contribution is 6.01. The van der Waals surface area contributed by atoms with E-state index in [0.717, 1.165) is 50.2 Å². The van der Waals surface area contributed by atoms with Gasteiger partial charge in [0.05, 0.1) is 11.1 Å². The molecule has 1 aliphatic heterocycles. The third-order valence-electron chi connectivity index (χ3n) is 4.05. The summed E-state index contributed by atoms with van der Waals surface area (Å²) in [6, 6.07) is 5.76. The lowest BCUT2D eigenvalue weighted by molar-refractivity contribution is 0.0693. The van der Waals surface area contributed by atoms with Crippen molar-refractivity contribution in [3.63, 3.8) is 0 Å². The van der Waals surface area contributed by atoms with E-state index in [4.69, 9.17) is 4.74 Å². The second kappa shape index (κ2) is 5.85. The summed E-state index contributed by atoms with van der Waals surface area (Å²) in [6.07, 6.45) is 3.78. The fraction of sp³-hybridized carbons (Fsp3) is 0.500. The van der Waals surface area contributed by atoms with Gasteiger partial charge < -0.3 is 14.4 Å². The smallest absolute Gasteiger partial charge is 0.337 e. The van der Waals surface area contributed by atoms with Crippen LogP contribution in [0.1, 0.15) is 48.4 Å². The van der Waals surface area contributed by atoms with Crippen molar-refractivity contribution in [3.05, 3.63) is 29.6 Å². The SMILES string of the molecule is CCCc1nc2c(C(=O)O)cccc2n1C1CCOCC1. The molecule has 1 aromatic carbocycles. The monoisotopic (exact) mass is 288 g/mol. The minimum absolute atomic E-state index is 0.288. The number of hydrogen-bond acceptors (Lipinski definition) is 3. The van der Waals surface area contributed by atoms with Gasteiger partial charge in [0, 0.05) is 25.7 Å². The lowest BCUT2D eigenvalue weighted by Gasteiger charge is -2.25. The number of ether oxygens (including phenoxy) is 1. The zero-order valence-electron chi connectivity index (χ0n) is 12.2. The van der Waals surface area contributed by atoms with E-state index in [1.807, 2.05) is 6.07 Å². The summed E-state index contributed by atoms with van der Waals surface area (Å²) >= 11 is 0. The van der Waals surface area contributed by atoms with Gasteiger partial charge in [0.15, 0.2) is 0 Å². The molecule has 112 valence electrons. The molecule has 1 aliphatic rings. The molecular weight excluding hydrogens is 268 g/mol. The van der Waals surface area contributed by atoms with Crippen LogP contribution in [0.15, 0.2) is 18.2 Å². The number of hydrogen-bond donors (Lipinski definition) is 1. The number of carbonyl (C=O) groups is 1. The van der Waals surface area contributed by atoms with Crippen LogP contribution in [0.25, 0.3) is 11.0 Å². The Kier molecular flexibility index (Phi) is 3.92. The Hall–Kier alpha value is -1.88. The maximum Gasteiger partial charge on any atom is 0.337 e. The van der Waals surface area contributed by atoms with Crippen molar-refractivity contribution in [3.8, 4) is 0 Å². The first kappa shape index (κ1) is 14.1. The van der Waals surface area contributed by atoms with Crippen LogP contribution in [0.2, 0.25) is 0 Å². The summed E-state index contributed by atoms with van der Waals surface area (Å²) in [4.78, 5) is 16.0. The Labute approximate surface area is 123 Å². The van der Waals surface area contributed by atoms with Gasteiger partial charge in [0.1, 0.15) is 11.3 Å². The molecule has 0 spiro atoms. The Morgan fingerprint density at radius 2 is 2.19 bits per heavy atom. The van der Waals surface area contributed by atoms with Gasteiger partial charge >= 0.3 is 5.97 Å². The van der Waals surface area contributed by atoms with Gasteiger partial charge in [-0.25, -0.2) is 9.78 Å². The fourth-order valence-electron chi connectivity index (χ4n) is 3.09. The lowest BCUT2D eigenvalue weighted by atomic mass is 10.1. The number of benzene rings is 1. The summed E-state index contributed by atoms with van der Waals surface area (Å²) in [6.45, 7) is 3.63. The maximum absolute atomic E-state index is 11.4. The van der Waals surface area contributed by atoms with Crippen molar-refractivity contribution in [2.45, 2.75) is 38.6 Å². The molecule has 5 nitrogen and oxygen atoms in total. The highest BCUT2D eigenvalue weighted by Gasteiger charge is 2.23. The lowest BCUT2D eigenvalue weighted by Crippen LogP contribution is -2.21. The zero-order chi connectivity index (χ0) is 14.8. The topological polar surface area (TPSA) is 64.3 Å². The van der Waals surface area contributed by atoms with Crippen LogP contribution in [-0.2, 0) is 11.2 Å². The molecule has 0 aliphatic carbocycles. The first-order valence-corrected chi connectivity index (χ1v) is 7.53. The standard InChI is InChI=1S/C16H20N2O3/c1-2-4-14-17-15-12(16(19)20)5-3-6-13(15)18(14)11-7-9-21-10-8-11/h3,5-6,11H,2,4,7-10H2,1H3,(H,19,20). The molecule has 0 amide bonds. The van der Waals surface area contributed by atoms with E-state index in [1.165, 1.54) is 0 Å². The quantitative estimate of drug-likeness (QED) is 0.939. The van der Waals surface area contributed by atoms with Gasteiger partial charge in [-0.1, -0.05) is 13.0 Å². The number of imidazole rings is 1. The molecule has 0 unspecified atom stereocenters. The summed E-state index contributed by atoms with van der Waals surface area (Å²) < 4.78 is 7.69. The predicted molar refractivity (Wildman–Crippen MR) is 79.8 cm³/mol. The van der Waals surface area contributed by atoms with E-state index < -0.39 is 5.97 Å². The summed E-state index contributed by atoms with van der Waals surface area (Å²) in [5, 5.41) is 9.35. The second-order valence-electron chi connectivity index (χ2n) is 5.47. The molecule has 0 radical (unpaired) electrons. The summed E-state index contributed by atoms with van der Waals surface area (Å²) in [5.41, 5.74) is 1.83. The molecule has 1 aromatic heterocycles. The van der Waals surface area contributed by atoms with E-state index in [0.29, 0.717) is 11.6 Å². The molecule has 1 fully saturated rings. The van der Waals surface area contributed by atoms with E-state index in [9.17, 15) is 9.90 Å². The van der Waals surface area contributed by atoms with E-state index in [2.05, 4.69) is 16.5 Å². The maximum atomic E-state index is 11.4. The van der Waals surface area contributed by atoms with Gasteiger partial charge in [-0.15, -0.1) is 0 Å². The highest BCUT2D eigenvalue weighted by Crippen LogP contribution is 2.30. The number of nitrogens with zero attached hydrogens (tertiary/aromatic N) is 2. The molecule has 2 heterocycles. The molecule has 0 atom stereocenters. The van der Waals surface area contributed by atoms with Crippen molar-refractivity contribution in [1.82, 2.24) is 9.55 Å². The zero-order valence-corrected chi connectivity index (χ0v) is 12.2. The first-order valence-electron chi connectivity index (χ1n) is 7.53. The number of carboxylic acid groups (broad SMARTS) is 1. The van der Waals surface area contributed by atoms with Crippen molar-refractivity contribution < 1.29 is 14.6 Å². The molecule has 5 heteroatoms. The van der Waals surface area contributed by atoms with Gasteiger partial charge in [-0.2, -0.15) is 0 Å². The minimum atomic E-state index is -0.916. The average molecular weight is 288 g/mol. The number of aromatic nitrogens is 2. The summed E-state index contributed by atoms with van der Waals surface area (Å²) in [5.74, 6) is 0.0772. The number of para-hydroxylation sites is 1. The van der Waals surface area contributed by atoms with E-state index in [-0.39, 0.29) is 5.56 Å². The fourth-order valence-corrected chi connectivity index (χ4v) is 3.09. The van der Waals surface area contributed by atoms with Crippen molar-refractivity contribution >= 4 is 17.0 Å². The number of fused-ring (bicyclic) bond motifs is 1. The molecule has 1 N–H and O–H groups in total. The predicted octanol–water partition coefficient (Wildman–Crippen LogP) is 3.04. The van der Waals surface area contributed by atoms with Gasteiger partial charge in [0.25, 0.3) is 0 Å². The van der Waals surface area contributed by atoms with Crippen molar-refractivity contribution in [1.29, 1.82) is 0 Å². The molecule has 1 saturated heterocycles. The third-order valence-corrected chi connectivity index (χ3v) is 4.05. The Balaban J connectivity index is 2.17. The van der Waals surface area contributed by atoms with Crippen LogP contribution in [0.4, 0.5) is 0 Å². The number of aromatic carboxylic acids is 1. The minimum Gasteiger partial charge on any atom is -0.478 e. The van der Waals surface area contributed by atoms with Crippen LogP contribution < -0.4 is 0 Å². The normalized spacial score (nSPS) is 16.4. The Bertz CT molecular complexity index is 657. The van der Waals surface area contributed by atoms with Crippen LogP contribution >= 0.6 is 0 Å². The van der Waals surface area contributed by atoms with E-state index in [1.54, 1.807) is 12.1 Å². The molecule has 0 saturated carbocycles. The Morgan fingerprint density at radius 1 is 1.43 bits per heavy atom. The molecule has 0 bridgehead atoms.